The van der Waals surface area contributed by atoms with Gasteiger partial charge in [-0.3, -0.25) is 0 Å². The second kappa shape index (κ2) is 6.50. The minimum absolute atomic E-state index is 0. The SMILES string of the molecule is Cl.O=S(=O)([O-])CC[n+]1ccc(-c2cccnn2)cn1. The van der Waals surface area contributed by atoms with Gasteiger partial charge in [-0.1, -0.05) is 4.68 Å². The average molecular weight is 303 g/mol. The second-order valence-corrected chi connectivity index (χ2v) is 5.07. The zero-order valence-corrected chi connectivity index (χ0v) is 11.3. The maximum Gasteiger partial charge on any atom is 0.197 e. The summed E-state index contributed by atoms with van der Waals surface area (Å²) in [5.41, 5.74) is 1.44. The summed E-state index contributed by atoms with van der Waals surface area (Å²) in [6.07, 6.45) is 4.70. The van der Waals surface area contributed by atoms with Gasteiger partial charge in [0.2, 0.25) is 0 Å². The van der Waals surface area contributed by atoms with Crippen LogP contribution in [-0.4, -0.2) is 34.0 Å². The maximum absolute atomic E-state index is 10.5. The maximum atomic E-state index is 10.5. The van der Waals surface area contributed by atoms with Gasteiger partial charge >= 0.3 is 0 Å². The van der Waals surface area contributed by atoms with Crippen molar-refractivity contribution in [1.82, 2.24) is 15.3 Å². The van der Waals surface area contributed by atoms with Crippen LogP contribution in [0.15, 0.2) is 36.8 Å². The number of rotatable bonds is 4. The molecule has 0 N–H and O–H groups in total. The van der Waals surface area contributed by atoms with E-state index in [-0.39, 0.29) is 19.0 Å². The lowest BCUT2D eigenvalue weighted by molar-refractivity contribution is -0.750. The largest absolute Gasteiger partial charge is 0.748 e. The molecule has 2 rings (SSSR count). The average Bonchev–Trinajstić information content (AvgIpc) is 2.37. The molecule has 19 heavy (non-hydrogen) atoms. The molecule has 0 aliphatic heterocycles. The van der Waals surface area contributed by atoms with Gasteiger partial charge < -0.3 is 4.55 Å². The number of nitrogens with zero attached hydrogens (tertiary/aromatic N) is 4. The molecular weight excluding hydrogens is 292 g/mol. The van der Waals surface area contributed by atoms with E-state index in [0.717, 1.165) is 5.56 Å². The van der Waals surface area contributed by atoms with E-state index in [1.54, 1.807) is 36.8 Å². The first-order valence-electron chi connectivity index (χ1n) is 5.12. The van der Waals surface area contributed by atoms with E-state index >= 15 is 0 Å². The Bertz CT molecular complexity index is 619. The Hall–Kier alpha value is -1.64. The summed E-state index contributed by atoms with van der Waals surface area (Å²) in [7, 11) is -4.22. The van der Waals surface area contributed by atoms with E-state index < -0.39 is 15.9 Å². The summed E-state index contributed by atoms with van der Waals surface area (Å²) >= 11 is 0. The van der Waals surface area contributed by atoms with Crippen molar-refractivity contribution in [2.45, 2.75) is 6.54 Å². The summed E-state index contributed by atoms with van der Waals surface area (Å²) in [6, 6.07) is 5.28. The van der Waals surface area contributed by atoms with E-state index in [4.69, 9.17) is 0 Å². The summed E-state index contributed by atoms with van der Waals surface area (Å²) < 4.78 is 32.8. The molecule has 2 heterocycles. The Balaban J connectivity index is 0.00000180. The van der Waals surface area contributed by atoms with Crippen LogP contribution in [0.1, 0.15) is 0 Å². The minimum atomic E-state index is -4.22. The number of aryl methyl sites for hydroxylation is 1. The molecule has 0 atom stereocenters. The van der Waals surface area contributed by atoms with Gasteiger partial charge in [-0.2, -0.15) is 10.2 Å². The highest BCUT2D eigenvalue weighted by Gasteiger charge is 2.07. The third kappa shape index (κ3) is 4.86. The highest BCUT2D eigenvalue weighted by molar-refractivity contribution is 7.85. The van der Waals surface area contributed by atoms with E-state index in [1.165, 1.54) is 4.68 Å². The molecule has 0 aromatic carbocycles. The molecular formula is C10H11ClN4O3S. The van der Waals surface area contributed by atoms with Crippen molar-refractivity contribution >= 4 is 22.5 Å². The molecule has 2 aromatic heterocycles. The Morgan fingerprint density at radius 2 is 2.11 bits per heavy atom. The van der Waals surface area contributed by atoms with E-state index in [1.807, 2.05) is 0 Å². The van der Waals surface area contributed by atoms with Gasteiger partial charge in [0.15, 0.2) is 12.7 Å². The topological polar surface area (TPSA) is 99.8 Å². The van der Waals surface area contributed by atoms with Crippen molar-refractivity contribution in [1.29, 1.82) is 0 Å². The number of aromatic nitrogens is 4. The molecule has 2 aromatic rings. The molecule has 0 saturated heterocycles. The molecule has 0 aliphatic rings. The molecule has 102 valence electrons. The molecule has 0 amide bonds. The van der Waals surface area contributed by atoms with Gasteiger partial charge in [0, 0.05) is 17.8 Å². The number of hydrogen-bond donors (Lipinski definition) is 0. The quantitative estimate of drug-likeness (QED) is 0.572. The normalized spacial score (nSPS) is 10.8. The molecule has 0 bridgehead atoms. The van der Waals surface area contributed by atoms with Crippen LogP contribution in [0.25, 0.3) is 11.3 Å². The zero-order chi connectivity index (χ0) is 13.0. The molecule has 0 saturated carbocycles. The minimum Gasteiger partial charge on any atom is -0.748 e. The predicted octanol–water partition coefficient (Wildman–Crippen LogP) is -0.207. The fraction of sp³-hybridized carbons (Fsp3) is 0.200. The van der Waals surface area contributed by atoms with Crippen molar-refractivity contribution < 1.29 is 17.7 Å². The fourth-order valence-corrected chi connectivity index (χ4v) is 1.74. The summed E-state index contributed by atoms with van der Waals surface area (Å²) in [4.78, 5) is 0. The highest BCUT2D eigenvalue weighted by atomic mass is 35.5. The van der Waals surface area contributed by atoms with Gasteiger partial charge in [-0.25, -0.2) is 8.42 Å². The van der Waals surface area contributed by atoms with Crippen molar-refractivity contribution in [2.24, 2.45) is 0 Å². The first-order chi connectivity index (χ1) is 8.54. The molecule has 0 aliphatic carbocycles. The van der Waals surface area contributed by atoms with Gasteiger partial charge in [0.25, 0.3) is 0 Å². The van der Waals surface area contributed by atoms with Gasteiger partial charge in [-0.15, -0.1) is 12.4 Å². The zero-order valence-electron chi connectivity index (χ0n) is 9.71. The first kappa shape index (κ1) is 15.4. The van der Waals surface area contributed by atoms with Gasteiger partial charge in [-0.05, 0) is 17.2 Å². The summed E-state index contributed by atoms with van der Waals surface area (Å²) in [5, 5.41) is 11.7. The van der Waals surface area contributed by atoms with Crippen LogP contribution in [0.3, 0.4) is 0 Å². The lowest BCUT2D eigenvalue weighted by Gasteiger charge is -2.02. The smallest absolute Gasteiger partial charge is 0.197 e. The monoisotopic (exact) mass is 302 g/mol. The van der Waals surface area contributed by atoms with Crippen LogP contribution in [0.4, 0.5) is 0 Å². The van der Waals surface area contributed by atoms with Crippen molar-refractivity contribution in [3.8, 4) is 11.3 Å². The van der Waals surface area contributed by atoms with Crippen LogP contribution in [0.5, 0.6) is 0 Å². The third-order valence-electron chi connectivity index (χ3n) is 2.21. The first-order valence-corrected chi connectivity index (χ1v) is 6.70. The van der Waals surface area contributed by atoms with Gasteiger partial charge in [0.1, 0.15) is 16.3 Å². The third-order valence-corrected chi connectivity index (χ3v) is 2.89. The Labute approximate surface area is 116 Å². The van der Waals surface area contributed by atoms with Crippen LogP contribution >= 0.6 is 12.4 Å². The van der Waals surface area contributed by atoms with Crippen LogP contribution in [0, 0.1) is 0 Å². The molecule has 0 radical (unpaired) electrons. The number of halogens is 1. The van der Waals surface area contributed by atoms with Gasteiger partial charge in [0.05, 0.1) is 11.4 Å². The van der Waals surface area contributed by atoms with Crippen molar-refractivity contribution in [3.63, 3.8) is 0 Å². The Kier molecular flexibility index (Phi) is 5.28. The predicted molar refractivity (Wildman–Crippen MR) is 67.3 cm³/mol. The molecule has 7 nitrogen and oxygen atoms in total. The van der Waals surface area contributed by atoms with E-state index in [9.17, 15) is 13.0 Å². The fourth-order valence-electron chi connectivity index (χ4n) is 1.33. The van der Waals surface area contributed by atoms with E-state index in [0.29, 0.717) is 5.69 Å². The molecule has 0 fully saturated rings. The summed E-state index contributed by atoms with van der Waals surface area (Å²) in [5.74, 6) is -0.477. The summed E-state index contributed by atoms with van der Waals surface area (Å²) in [6.45, 7) is 0.0343. The van der Waals surface area contributed by atoms with Crippen LogP contribution in [0.2, 0.25) is 0 Å². The highest BCUT2D eigenvalue weighted by Crippen LogP contribution is 2.11. The number of hydrogen-bond acceptors (Lipinski definition) is 6. The molecule has 0 unspecified atom stereocenters. The second-order valence-electron chi connectivity index (χ2n) is 3.55. The molecule has 0 spiro atoms. The lowest BCUT2D eigenvalue weighted by atomic mass is 10.2. The standard InChI is InChI=1S/C10H10N4O3S.ClH/c15-18(16,17)7-6-14-5-3-9(8-12-14)10-2-1-4-11-13-10;/h1-5,8H,6-7H2;1H. The van der Waals surface area contributed by atoms with Crippen molar-refractivity contribution in [3.05, 3.63) is 36.8 Å². The van der Waals surface area contributed by atoms with Crippen LogP contribution < -0.4 is 4.68 Å². The Morgan fingerprint density at radius 1 is 1.32 bits per heavy atom. The molecule has 9 heteroatoms. The van der Waals surface area contributed by atoms with Crippen LogP contribution in [-0.2, 0) is 16.7 Å². The Morgan fingerprint density at radius 3 is 2.63 bits per heavy atom. The van der Waals surface area contributed by atoms with Crippen molar-refractivity contribution in [2.75, 3.05) is 5.75 Å². The van der Waals surface area contributed by atoms with E-state index in [2.05, 4.69) is 15.3 Å². The lowest BCUT2D eigenvalue weighted by Crippen LogP contribution is -2.40.